The SMILES string of the molecule is O=C(O)c1ccc(-c2ccc3c(c2)C[C@@H](NC[C@@H](O)c2cc(Cl)cc(Cl)c2)CC3)cc1.[NaH]. The number of hydrogen-bond acceptors (Lipinski definition) is 3. The number of aryl methyl sites for hydroxylation is 1. The molecule has 0 amide bonds. The van der Waals surface area contributed by atoms with Crippen LogP contribution in [0.4, 0.5) is 0 Å². The van der Waals surface area contributed by atoms with Gasteiger partial charge in [0.25, 0.3) is 0 Å². The van der Waals surface area contributed by atoms with Gasteiger partial charge in [-0.1, -0.05) is 53.5 Å². The summed E-state index contributed by atoms with van der Waals surface area (Å²) in [5.74, 6) is -0.923. The first kappa shape index (κ1) is 25.3. The van der Waals surface area contributed by atoms with Crippen molar-refractivity contribution in [2.75, 3.05) is 6.54 Å². The Hall–Kier alpha value is -1.37. The van der Waals surface area contributed by atoms with Crippen LogP contribution in [0.25, 0.3) is 11.1 Å². The van der Waals surface area contributed by atoms with Crippen LogP contribution in [-0.4, -0.2) is 58.3 Å². The zero-order chi connectivity index (χ0) is 22.0. The van der Waals surface area contributed by atoms with Crippen LogP contribution in [0.5, 0.6) is 0 Å². The third-order valence-electron chi connectivity index (χ3n) is 5.77. The molecule has 0 aromatic heterocycles. The number of benzene rings is 3. The van der Waals surface area contributed by atoms with Crippen LogP contribution < -0.4 is 5.32 Å². The molecule has 4 rings (SSSR count). The van der Waals surface area contributed by atoms with Gasteiger partial charge < -0.3 is 15.5 Å². The normalized spacial score (nSPS) is 16.0. The second kappa shape index (κ2) is 11.2. The second-order valence-electron chi connectivity index (χ2n) is 7.93. The molecular formula is C25H24Cl2NNaO3. The molecule has 0 aliphatic heterocycles. The van der Waals surface area contributed by atoms with Crippen molar-refractivity contribution in [1.82, 2.24) is 5.32 Å². The molecule has 1 aliphatic rings. The van der Waals surface area contributed by atoms with Crippen LogP contribution in [0.2, 0.25) is 10.0 Å². The van der Waals surface area contributed by atoms with Gasteiger partial charge in [0.2, 0.25) is 0 Å². The first-order chi connectivity index (χ1) is 14.9. The molecule has 0 bridgehead atoms. The van der Waals surface area contributed by atoms with E-state index in [-0.39, 0.29) is 41.2 Å². The molecule has 32 heavy (non-hydrogen) atoms. The fourth-order valence-corrected chi connectivity index (χ4v) is 4.62. The predicted octanol–water partition coefficient (Wildman–Crippen LogP) is 4.89. The zero-order valence-corrected chi connectivity index (χ0v) is 18.3. The average Bonchev–Trinajstić information content (AvgIpc) is 2.76. The van der Waals surface area contributed by atoms with Crippen molar-refractivity contribution in [2.45, 2.75) is 31.4 Å². The van der Waals surface area contributed by atoms with Crippen LogP contribution in [0.3, 0.4) is 0 Å². The minimum absolute atomic E-state index is 0. The van der Waals surface area contributed by atoms with Crippen LogP contribution in [-0.2, 0) is 12.8 Å². The summed E-state index contributed by atoms with van der Waals surface area (Å²) >= 11 is 12.1. The maximum atomic E-state index is 11.1. The molecule has 7 heteroatoms. The Labute approximate surface area is 219 Å². The van der Waals surface area contributed by atoms with Gasteiger partial charge in [0.05, 0.1) is 11.7 Å². The van der Waals surface area contributed by atoms with E-state index in [2.05, 4.69) is 23.5 Å². The summed E-state index contributed by atoms with van der Waals surface area (Å²) in [4.78, 5) is 11.1. The standard InChI is InChI=1S/C25H23Cl2NO3.Na.H/c26-21-10-20(11-22(27)13-21)24(29)14-28-23-8-7-16-3-6-18(9-19(16)12-23)15-1-4-17(5-2-15)25(30)31;;/h1-6,9-11,13,23-24,28-29H,7-8,12,14H2,(H,30,31);;/t23-,24+;;/m0../s1. The monoisotopic (exact) mass is 479 g/mol. The summed E-state index contributed by atoms with van der Waals surface area (Å²) in [6, 6.07) is 18.8. The molecule has 3 aromatic carbocycles. The van der Waals surface area contributed by atoms with Crippen molar-refractivity contribution in [1.29, 1.82) is 0 Å². The van der Waals surface area contributed by atoms with Crippen molar-refractivity contribution in [3.8, 4) is 11.1 Å². The number of fused-ring (bicyclic) bond motifs is 1. The quantitative estimate of drug-likeness (QED) is 0.440. The first-order valence-corrected chi connectivity index (χ1v) is 11.0. The van der Waals surface area contributed by atoms with E-state index in [0.29, 0.717) is 22.2 Å². The van der Waals surface area contributed by atoms with E-state index >= 15 is 0 Å². The van der Waals surface area contributed by atoms with E-state index in [9.17, 15) is 9.90 Å². The van der Waals surface area contributed by atoms with E-state index in [0.717, 1.165) is 30.4 Å². The Morgan fingerprint density at radius 2 is 1.62 bits per heavy atom. The number of halogens is 2. The van der Waals surface area contributed by atoms with Crippen LogP contribution in [0.1, 0.15) is 39.6 Å². The summed E-state index contributed by atoms with van der Waals surface area (Å²) in [6.45, 7) is 0.424. The van der Waals surface area contributed by atoms with Gasteiger partial charge in [0, 0.05) is 22.6 Å². The number of aliphatic hydroxyl groups excluding tert-OH is 1. The van der Waals surface area contributed by atoms with Crippen LogP contribution >= 0.6 is 23.2 Å². The Balaban J connectivity index is 0.00000289. The van der Waals surface area contributed by atoms with E-state index in [1.165, 1.54) is 11.1 Å². The van der Waals surface area contributed by atoms with Gasteiger partial charge in [-0.3, -0.25) is 0 Å². The van der Waals surface area contributed by atoms with Gasteiger partial charge in [-0.15, -0.1) is 0 Å². The summed E-state index contributed by atoms with van der Waals surface area (Å²) in [6.07, 6.45) is 2.17. The van der Waals surface area contributed by atoms with Gasteiger partial charge in [-0.25, -0.2) is 4.79 Å². The average molecular weight is 480 g/mol. The van der Waals surface area contributed by atoms with Crippen molar-refractivity contribution < 1.29 is 15.0 Å². The van der Waals surface area contributed by atoms with Crippen molar-refractivity contribution in [3.05, 3.63) is 93.0 Å². The molecule has 2 atom stereocenters. The summed E-state index contributed by atoms with van der Waals surface area (Å²) in [7, 11) is 0. The number of carboxylic acids is 1. The van der Waals surface area contributed by atoms with Crippen LogP contribution in [0, 0.1) is 0 Å². The number of hydrogen-bond donors (Lipinski definition) is 3. The van der Waals surface area contributed by atoms with E-state index < -0.39 is 12.1 Å². The molecule has 3 aromatic rings. The molecule has 0 saturated carbocycles. The summed E-state index contributed by atoms with van der Waals surface area (Å²) in [5.41, 5.74) is 5.68. The third-order valence-corrected chi connectivity index (χ3v) is 6.21. The van der Waals surface area contributed by atoms with Crippen LogP contribution in [0.15, 0.2) is 60.7 Å². The summed E-state index contributed by atoms with van der Waals surface area (Å²) < 4.78 is 0. The number of aromatic carboxylic acids is 1. The van der Waals surface area contributed by atoms with Gasteiger partial charge >= 0.3 is 35.5 Å². The van der Waals surface area contributed by atoms with E-state index in [1.807, 2.05) is 12.1 Å². The molecule has 0 spiro atoms. The number of nitrogens with one attached hydrogen (secondary N) is 1. The van der Waals surface area contributed by atoms with E-state index in [4.69, 9.17) is 28.3 Å². The number of rotatable bonds is 6. The number of aliphatic hydroxyl groups is 1. The van der Waals surface area contributed by atoms with Gasteiger partial charge in [0.1, 0.15) is 0 Å². The molecule has 3 N–H and O–H groups in total. The molecule has 0 unspecified atom stereocenters. The molecule has 162 valence electrons. The van der Waals surface area contributed by atoms with Gasteiger partial charge in [-0.05, 0) is 77.4 Å². The molecule has 0 radical (unpaired) electrons. The van der Waals surface area contributed by atoms with Gasteiger partial charge in [-0.2, -0.15) is 0 Å². The molecule has 4 nitrogen and oxygen atoms in total. The maximum absolute atomic E-state index is 11.1. The molecule has 0 saturated heterocycles. The molecular weight excluding hydrogens is 456 g/mol. The molecule has 0 heterocycles. The summed E-state index contributed by atoms with van der Waals surface area (Å²) in [5, 5.41) is 24.1. The predicted molar refractivity (Wildman–Crippen MR) is 131 cm³/mol. The fourth-order valence-electron chi connectivity index (χ4n) is 4.08. The van der Waals surface area contributed by atoms with Crippen molar-refractivity contribution >= 4 is 58.7 Å². The Morgan fingerprint density at radius 1 is 0.969 bits per heavy atom. The zero-order valence-electron chi connectivity index (χ0n) is 16.8. The fraction of sp³-hybridized carbons (Fsp3) is 0.240. The number of carboxylic acid groups (broad SMARTS) is 1. The Morgan fingerprint density at radius 3 is 2.28 bits per heavy atom. The third kappa shape index (κ3) is 6.15. The molecule has 0 fully saturated rings. The number of carbonyl (C=O) groups is 1. The van der Waals surface area contributed by atoms with E-state index in [1.54, 1.807) is 30.3 Å². The van der Waals surface area contributed by atoms with Gasteiger partial charge in [0.15, 0.2) is 0 Å². The van der Waals surface area contributed by atoms with Crippen molar-refractivity contribution in [2.24, 2.45) is 0 Å². The van der Waals surface area contributed by atoms with Crippen molar-refractivity contribution in [3.63, 3.8) is 0 Å². The second-order valence-corrected chi connectivity index (χ2v) is 8.81. The first-order valence-electron chi connectivity index (χ1n) is 10.2. The topological polar surface area (TPSA) is 69.6 Å². The Kier molecular flexibility index (Phi) is 8.82. The molecule has 1 aliphatic carbocycles. The minimum atomic E-state index is -0.923. The Bertz CT molecular complexity index is 1080.